The quantitative estimate of drug-likeness (QED) is 0.641. The largest absolute Gasteiger partial charge is 0.507 e. The minimum absolute atomic E-state index is 0. The zero-order chi connectivity index (χ0) is 13.5. The molecule has 4 N–H and O–H groups in total. The standard InChI is InChI=1S/C7H6O3.C5H5NO2.2CH4/c8-6-4-2-1-3-5(6)7(9)10;7-4-2-1-3-6-5(4)8;;/h1-4,8H,(H,9,10);1-3,7H,(H,6,8);2*1H4. The highest BCUT2D eigenvalue weighted by Gasteiger charge is 2.05. The number of hydrogen-bond acceptors (Lipinski definition) is 4. The molecule has 0 amide bonds. The third-order valence-electron chi connectivity index (χ3n) is 1.93. The molecule has 0 fully saturated rings. The molecule has 6 nitrogen and oxygen atoms in total. The van der Waals surface area contributed by atoms with Crippen LogP contribution in [0.2, 0.25) is 0 Å². The summed E-state index contributed by atoms with van der Waals surface area (Å²) in [4.78, 5) is 22.9. The molecule has 0 spiro atoms. The lowest BCUT2D eigenvalue weighted by Gasteiger charge is -1.95. The lowest BCUT2D eigenvalue weighted by atomic mass is 10.2. The zero-order valence-corrected chi connectivity index (χ0v) is 9.20. The molecule has 0 saturated carbocycles. The van der Waals surface area contributed by atoms with E-state index in [2.05, 4.69) is 4.98 Å². The summed E-state index contributed by atoms with van der Waals surface area (Å²) >= 11 is 0. The molecule has 0 aliphatic carbocycles. The second-order valence-corrected chi connectivity index (χ2v) is 3.21. The van der Waals surface area contributed by atoms with Crippen LogP contribution in [0.4, 0.5) is 0 Å². The molecule has 2 rings (SSSR count). The van der Waals surface area contributed by atoms with Crippen LogP contribution in [0.25, 0.3) is 0 Å². The Kier molecular flexibility index (Phi) is 9.01. The molecular weight excluding hydrogens is 262 g/mol. The van der Waals surface area contributed by atoms with E-state index in [0.717, 1.165) is 0 Å². The first-order valence-corrected chi connectivity index (χ1v) is 4.90. The smallest absolute Gasteiger partial charge is 0.339 e. The summed E-state index contributed by atoms with van der Waals surface area (Å²) in [5, 5.41) is 25.9. The zero-order valence-electron chi connectivity index (χ0n) is 9.20. The molecule has 0 unspecified atom stereocenters. The molecule has 6 heteroatoms. The number of aromatic carboxylic acids is 1. The number of aromatic nitrogens is 1. The molecule has 2 aromatic rings. The first-order chi connectivity index (χ1) is 8.52. The Bertz CT molecular complexity index is 592. The Balaban J connectivity index is 0. The predicted molar refractivity (Wildman–Crippen MR) is 77.3 cm³/mol. The van der Waals surface area contributed by atoms with Gasteiger partial charge in [0.15, 0.2) is 5.75 Å². The Labute approximate surface area is 117 Å². The molecule has 0 bridgehead atoms. The van der Waals surface area contributed by atoms with Gasteiger partial charge >= 0.3 is 5.97 Å². The molecule has 1 heterocycles. The highest BCUT2D eigenvalue weighted by Crippen LogP contribution is 2.14. The highest BCUT2D eigenvalue weighted by molar-refractivity contribution is 5.90. The summed E-state index contributed by atoms with van der Waals surface area (Å²) in [6.07, 6.45) is 1.46. The van der Waals surface area contributed by atoms with E-state index in [-0.39, 0.29) is 31.9 Å². The summed E-state index contributed by atoms with van der Waals surface area (Å²) in [5.41, 5.74) is -0.519. The summed E-state index contributed by atoms with van der Waals surface area (Å²) < 4.78 is 0. The van der Waals surface area contributed by atoms with Crippen LogP contribution in [0, 0.1) is 0 Å². The van der Waals surface area contributed by atoms with Gasteiger partial charge in [-0.1, -0.05) is 27.0 Å². The van der Waals surface area contributed by atoms with Gasteiger partial charge in [0.05, 0.1) is 0 Å². The Morgan fingerprint density at radius 1 is 0.950 bits per heavy atom. The van der Waals surface area contributed by atoms with Gasteiger partial charge in [-0.15, -0.1) is 0 Å². The van der Waals surface area contributed by atoms with Crippen LogP contribution < -0.4 is 5.56 Å². The predicted octanol–water partition coefficient (Wildman–Crippen LogP) is 2.44. The second kappa shape index (κ2) is 9.21. The van der Waals surface area contributed by atoms with Gasteiger partial charge in [0, 0.05) is 6.20 Å². The number of para-hydroxylation sites is 1. The number of carboxylic acids is 1. The van der Waals surface area contributed by atoms with E-state index in [1.807, 2.05) is 0 Å². The van der Waals surface area contributed by atoms with Crippen LogP contribution in [0.3, 0.4) is 0 Å². The van der Waals surface area contributed by atoms with Crippen molar-refractivity contribution in [1.82, 2.24) is 4.98 Å². The first-order valence-electron chi connectivity index (χ1n) is 4.90. The monoisotopic (exact) mass is 281 g/mol. The fraction of sp³-hybridized carbons (Fsp3) is 0.143. The number of benzene rings is 1. The fourth-order valence-corrected chi connectivity index (χ4v) is 1.07. The van der Waals surface area contributed by atoms with Crippen molar-refractivity contribution in [2.75, 3.05) is 0 Å². The molecule has 0 radical (unpaired) electrons. The number of carbonyl (C=O) groups is 1. The van der Waals surface area contributed by atoms with Crippen molar-refractivity contribution in [3.05, 3.63) is 58.5 Å². The number of aromatic amines is 1. The molecule has 1 aromatic carbocycles. The maximum absolute atomic E-state index is 10.3. The lowest BCUT2D eigenvalue weighted by Crippen LogP contribution is -2.01. The third kappa shape index (κ3) is 5.72. The SMILES string of the molecule is C.C.O=C(O)c1ccccc1O.O=c1[nH]cccc1O. The van der Waals surface area contributed by atoms with Crippen molar-refractivity contribution in [2.45, 2.75) is 14.9 Å². The van der Waals surface area contributed by atoms with Crippen LogP contribution in [0.1, 0.15) is 25.2 Å². The van der Waals surface area contributed by atoms with Gasteiger partial charge in [-0.25, -0.2) is 4.79 Å². The molecule has 110 valence electrons. The van der Waals surface area contributed by atoms with Gasteiger partial charge in [0.25, 0.3) is 5.56 Å². The van der Waals surface area contributed by atoms with Crippen molar-refractivity contribution in [1.29, 1.82) is 0 Å². The number of carboxylic acid groups (broad SMARTS) is 1. The second-order valence-electron chi connectivity index (χ2n) is 3.21. The lowest BCUT2D eigenvalue weighted by molar-refractivity contribution is 0.0693. The molecule has 0 aliphatic rings. The molecule has 20 heavy (non-hydrogen) atoms. The topological polar surface area (TPSA) is 111 Å². The van der Waals surface area contributed by atoms with E-state index < -0.39 is 11.5 Å². The van der Waals surface area contributed by atoms with Crippen molar-refractivity contribution in [3.63, 3.8) is 0 Å². The summed E-state index contributed by atoms with van der Waals surface area (Å²) in [7, 11) is 0. The molecule has 1 aromatic heterocycles. The number of H-pyrrole nitrogens is 1. The van der Waals surface area contributed by atoms with Crippen LogP contribution in [-0.4, -0.2) is 26.3 Å². The Morgan fingerprint density at radius 3 is 1.85 bits per heavy atom. The van der Waals surface area contributed by atoms with E-state index >= 15 is 0 Å². The van der Waals surface area contributed by atoms with Crippen molar-refractivity contribution >= 4 is 5.97 Å². The van der Waals surface area contributed by atoms with Gasteiger partial charge in [-0.05, 0) is 24.3 Å². The van der Waals surface area contributed by atoms with Gasteiger partial charge in [-0.3, -0.25) is 4.79 Å². The van der Waals surface area contributed by atoms with Crippen LogP contribution >= 0.6 is 0 Å². The van der Waals surface area contributed by atoms with E-state index in [1.165, 1.54) is 24.4 Å². The molecule has 0 aliphatic heterocycles. The maximum Gasteiger partial charge on any atom is 0.339 e. The average Bonchev–Trinajstić information content (AvgIpc) is 2.34. The number of nitrogens with one attached hydrogen (secondary N) is 1. The average molecular weight is 281 g/mol. The van der Waals surface area contributed by atoms with Gasteiger partial charge in [-0.2, -0.15) is 0 Å². The minimum atomic E-state index is -1.11. The fourth-order valence-electron chi connectivity index (χ4n) is 1.07. The van der Waals surface area contributed by atoms with Crippen molar-refractivity contribution < 1.29 is 20.1 Å². The number of phenols is 1. The van der Waals surface area contributed by atoms with E-state index in [4.69, 9.17) is 15.3 Å². The summed E-state index contributed by atoms with van der Waals surface area (Å²) in [6.45, 7) is 0. The summed E-state index contributed by atoms with van der Waals surface area (Å²) in [5.74, 6) is -1.55. The summed E-state index contributed by atoms with van der Waals surface area (Å²) in [6, 6.07) is 8.70. The number of rotatable bonds is 1. The van der Waals surface area contributed by atoms with Crippen LogP contribution in [0.5, 0.6) is 11.5 Å². The number of aromatic hydroxyl groups is 2. The van der Waals surface area contributed by atoms with Crippen LogP contribution in [0.15, 0.2) is 47.4 Å². The Hall–Kier alpha value is -2.76. The normalized spacial score (nSPS) is 8.20. The third-order valence-corrected chi connectivity index (χ3v) is 1.93. The number of hydrogen-bond donors (Lipinski definition) is 4. The van der Waals surface area contributed by atoms with E-state index in [9.17, 15) is 9.59 Å². The van der Waals surface area contributed by atoms with E-state index in [0.29, 0.717) is 0 Å². The van der Waals surface area contributed by atoms with Crippen molar-refractivity contribution in [2.24, 2.45) is 0 Å². The number of pyridine rings is 1. The molecule has 0 atom stereocenters. The van der Waals surface area contributed by atoms with Gasteiger partial charge < -0.3 is 20.3 Å². The molecular formula is C14H19NO5. The maximum atomic E-state index is 10.3. The Morgan fingerprint density at radius 2 is 1.50 bits per heavy atom. The van der Waals surface area contributed by atoms with Crippen molar-refractivity contribution in [3.8, 4) is 11.5 Å². The van der Waals surface area contributed by atoms with E-state index in [1.54, 1.807) is 18.2 Å². The molecule has 0 saturated heterocycles. The van der Waals surface area contributed by atoms with Gasteiger partial charge in [0.1, 0.15) is 11.3 Å². The van der Waals surface area contributed by atoms with Gasteiger partial charge in [0.2, 0.25) is 0 Å². The highest BCUT2D eigenvalue weighted by atomic mass is 16.4. The van der Waals surface area contributed by atoms with Crippen LogP contribution in [-0.2, 0) is 0 Å². The first kappa shape index (κ1) is 19.6. The minimum Gasteiger partial charge on any atom is -0.507 e.